The summed E-state index contributed by atoms with van der Waals surface area (Å²) in [5.41, 5.74) is 1.03. The van der Waals surface area contributed by atoms with Crippen molar-refractivity contribution in [3.63, 3.8) is 0 Å². The first-order valence-electron chi connectivity index (χ1n) is 12.0. The number of nitrogens with zero attached hydrogens (tertiary/aromatic N) is 5. The van der Waals surface area contributed by atoms with Crippen LogP contribution in [0, 0.1) is 5.41 Å². The van der Waals surface area contributed by atoms with Gasteiger partial charge in [-0.05, 0) is 60.3 Å². The molecule has 32 heavy (non-hydrogen) atoms. The Hall–Kier alpha value is -2.25. The first-order valence-corrected chi connectivity index (χ1v) is 12.0. The smallest absolute Gasteiger partial charge is 0.410 e. The molecule has 2 aliphatic carbocycles. The minimum Gasteiger partial charge on any atom is -0.444 e. The lowest BCUT2D eigenvalue weighted by Crippen LogP contribution is -2.64. The number of piperazine rings is 1. The van der Waals surface area contributed by atoms with Crippen molar-refractivity contribution in [1.82, 2.24) is 19.6 Å². The number of carbonyl (C=O) groups is 2. The van der Waals surface area contributed by atoms with Crippen LogP contribution in [0.5, 0.6) is 0 Å². The molecule has 176 valence electrons. The maximum absolute atomic E-state index is 12.3. The van der Waals surface area contributed by atoms with Gasteiger partial charge in [-0.1, -0.05) is 0 Å². The molecule has 5 rings (SSSR count). The Bertz CT molecular complexity index is 899. The van der Waals surface area contributed by atoms with Crippen LogP contribution in [0.3, 0.4) is 0 Å². The lowest BCUT2D eigenvalue weighted by Gasteiger charge is -2.58. The van der Waals surface area contributed by atoms with E-state index in [2.05, 4.69) is 29.5 Å². The lowest BCUT2D eigenvalue weighted by molar-refractivity contribution is -0.119. The molecule has 0 N–H and O–H groups in total. The molecule has 1 spiro atoms. The van der Waals surface area contributed by atoms with Gasteiger partial charge in [0.15, 0.2) is 5.82 Å². The van der Waals surface area contributed by atoms with Crippen LogP contribution in [0.2, 0.25) is 0 Å². The molecular formula is C24H37N5O3. The number of ether oxygens (including phenoxy) is 1. The van der Waals surface area contributed by atoms with E-state index < -0.39 is 5.60 Å². The minimum atomic E-state index is -0.447. The summed E-state index contributed by atoms with van der Waals surface area (Å²) in [7, 11) is 0. The van der Waals surface area contributed by atoms with Gasteiger partial charge in [0.25, 0.3) is 0 Å². The number of hydrogen-bond acceptors (Lipinski definition) is 5. The molecule has 2 amide bonds. The second kappa shape index (κ2) is 7.12. The van der Waals surface area contributed by atoms with Crippen molar-refractivity contribution in [3.8, 4) is 0 Å². The van der Waals surface area contributed by atoms with Gasteiger partial charge in [0.2, 0.25) is 6.41 Å². The number of carbonyl (C=O) groups excluding carboxylic acids is 2. The van der Waals surface area contributed by atoms with Gasteiger partial charge >= 0.3 is 6.09 Å². The van der Waals surface area contributed by atoms with Crippen molar-refractivity contribution in [2.75, 3.05) is 37.6 Å². The molecular weight excluding hydrogens is 406 g/mol. The fraction of sp³-hybridized carbons (Fsp3) is 0.792. The molecule has 0 atom stereocenters. The molecule has 2 saturated carbocycles. The van der Waals surface area contributed by atoms with Crippen molar-refractivity contribution in [3.05, 3.63) is 11.8 Å². The van der Waals surface area contributed by atoms with Crippen molar-refractivity contribution in [1.29, 1.82) is 0 Å². The molecule has 1 aromatic heterocycles. The van der Waals surface area contributed by atoms with Crippen molar-refractivity contribution >= 4 is 18.3 Å². The van der Waals surface area contributed by atoms with Gasteiger partial charge in [0.05, 0.1) is 11.6 Å². The summed E-state index contributed by atoms with van der Waals surface area (Å²) in [6, 6.07) is 2.72. The topological polar surface area (TPSA) is 70.9 Å². The molecule has 3 heterocycles. The highest BCUT2D eigenvalue weighted by atomic mass is 16.6. The Morgan fingerprint density at radius 3 is 2.41 bits per heavy atom. The number of hydrogen-bond donors (Lipinski definition) is 0. The molecule has 8 heteroatoms. The van der Waals surface area contributed by atoms with Crippen molar-refractivity contribution in [2.24, 2.45) is 5.41 Å². The number of rotatable bonds is 4. The predicted molar refractivity (Wildman–Crippen MR) is 122 cm³/mol. The second-order valence-corrected chi connectivity index (χ2v) is 12.1. The molecule has 2 aliphatic heterocycles. The molecule has 8 nitrogen and oxygen atoms in total. The average molecular weight is 444 g/mol. The van der Waals surface area contributed by atoms with Gasteiger partial charge in [0, 0.05) is 55.8 Å². The van der Waals surface area contributed by atoms with Crippen molar-refractivity contribution < 1.29 is 14.3 Å². The second-order valence-electron chi connectivity index (χ2n) is 12.1. The van der Waals surface area contributed by atoms with E-state index in [-0.39, 0.29) is 17.0 Å². The van der Waals surface area contributed by atoms with Crippen molar-refractivity contribution in [2.45, 2.75) is 83.4 Å². The fourth-order valence-electron chi connectivity index (χ4n) is 5.80. The van der Waals surface area contributed by atoms with Crippen LogP contribution >= 0.6 is 0 Å². The normalized spacial score (nSPS) is 24.8. The third kappa shape index (κ3) is 3.86. The SMILES string of the molecule is CC(C)(C)OC(=O)N1CC2(CC(n3nc(N4CCN(C=O)CC4(C)C)cc3C3CC3)C2)C1. The van der Waals surface area contributed by atoms with E-state index in [0.717, 1.165) is 57.8 Å². The van der Waals surface area contributed by atoms with E-state index >= 15 is 0 Å². The maximum atomic E-state index is 12.3. The van der Waals surface area contributed by atoms with Crippen LogP contribution in [0.25, 0.3) is 0 Å². The molecule has 4 aliphatic rings. The Morgan fingerprint density at radius 2 is 1.84 bits per heavy atom. The predicted octanol–water partition coefficient (Wildman–Crippen LogP) is 3.39. The van der Waals surface area contributed by atoms with Gasteiger partial charge < -0.3 is 19.4 Å². The van der Waals surface area contributed by atoms with E-state index in [9.17, 15) is 9.59 Å². The van der Waals surface area contributed by atoms with Crippen LogP contribution in [0.15, 0.2) is 6.07 Å². The monoisotopic (exact) mass is 443 g/mol. The quantitative estimate of drug-likeness (QED) is 0.667. The number of aromatic nitrogens is 2. The molecule has 0 unspecified atom stereocenters. The third-order valence-corrected chi connectivity index (χ3v) is 7.49. The van der Waals surface area contributed by atoms with Gasteiger partial charge in [0.1, 0.15) is 5.60 Å². The van der Waals surface area contributed by atoms with Crippen LogP contribution in [0.1, 0.15) is 78.0 Å². The van der Waals surface area contributed by atoms with Crippen LogP contribution in [0.4, 0.5) is 10.6 Å². The highest BCUT2D eigenvalue weighted by molar-refractivity contribution is 5.69. The Morgan fingerprint density at radius 1 is 1.16 bits per heavy atom. The number of amides is 2. The maximum Gasteiger partial charge on any atom is 0.410 e. The molecule has 4 fully saturated rings. The zero-order valence-electron chi connectivity index (χ0n) is 20.1. The van der Waals surface area contributed by atoms with E-state index in [1.807, 2.05) is 30.6 Å². The van der Waals surface area contributed by atoms with Gasteiger partial charge in [-0.15, -0.1) is 0 Å². The summed E-state index contributed by atoms with van der Waals surface area (Å²) in [6.45, 7) is 14.0. The Labute approximate surface area is 190 Å². The summed E-state index contributed by atoms with van der Waals surface area (Å²) in [5, 5.41) is 5.12. The molecule has 0 radical (unpaired) electrons. The van der Waals surface area contributed by atoms with Gasteiger partial charge in [-0.3, -0.25) is 9.48 Å². The highest BCUT2D eigenvalue weighted by Gasteiger charge is 2.56. The average Bonchev–Trinajstić information content (AvgIpc) is 3.37. The summed E-state index contributed by atoms with van der Waals surface area (Å²) >= 11 is 0. The lowest BCUT2D eigenvalue weighted by atomic mass is 9.60. The molecule has 0 aromatic carbocycles. The third-order valence-electron chi connectivity index (χ3n) is 7.49. The summed E-state index contributed by atoms with van der Waals surface area (Å²) in [5.74, 6) is 1.68. The Balaban J connectivity index is 1.26. The summed E-state index contributed by atoms with van der Waals surface area (Å²) < 4.78 is 7.82. The van der Waals surface area contributed by atoms with Crippen LogP contribution in [-0.2, 0) is 9.53 Å². The molecule has 0 bridgehead atoms. The van der Waals surface area contributed by atoms with E-state index in [1.165, 1.54) is 18.5 Å². The summed E-state index contributed by atoms with van der Waals surface area (Å²) in [6.07, 6.45) is 5.42. The zero-order valence-corrected chi connectivity index (χ0v) is 20.1. The largest absolute Gasteiger partial charge is 0.444 e. The summed E-state index contributed by atoms with van der Waals surface area (Å²) in [4.78, 5) is 29.6. The Kier molecular flexibility index (Phi) is 4.81. The van der Waals surface area contributed by atoms with E-state index in [4.69, 9.17) is 9.84 Å². The van der Waals surface area contributed by atoms with Gasteiger partial charge in [-0.25, -0.2) is 4.79 Å². The van der Waals surface area contributed by atoms with E-state index in [0.29, 0.717) is 12.0 Å². The molecule has 2 saturated heterocycles. The number of anilines is 1. The fourth-order valence-corrected chi connectivity index (χ4v) is 5.80. The van der Waals surface area contributed by atoms with Crippen LogP contribution in [-0.4, -0.2) is 75.9 Å². The zero-order chi connectivity index (χ0) is 22.9. The van der Waals surface area contributed by atoms with E-state index in [1.54, 1.807) is 0 Å². The van der Waals surface area contributed by atoms with Crippen LogP contribution < -0.4 is 4.90 Å². The first-order chi connectivity index (χ1) is 15.0. The van der Waals surface area contributed by atoms with Gasteiger partial charge in [-0.2, -0.15) is 5.10 Å². The minimum absolute atomic E-state index is 0.137. The molecule has 1 aromatic rings. The highest BCUT2D eigenvalue weighted by Crippen LogP contribution is 2.56. The first kappa shape index (κ1) is 21.6. The number of likely N-dealkylation sites (tertiary alicyclic amines) is 1. The standard InChI is InChI=1S/C24H37N5O3/c1-22(2,3)32-21(31)27-14-24(15-27)11-18(12-24)29-19(17-6-7-17)10-20(25-29)28-9-8-26(16-30)13-23(28,4)5/h10,16-18H,6-9,11-15H2,1-5H3.